The van der Waals surface area contributed by atoms with Gasteiger partial charge in [-0.2, -0.15) is 0 Å². The second-order valence-corrected chi connectivity index (χ2v) is 8.84. The van der Waals surface area contributed by atoms with Crippen LogP contribution in [0.4, 0.5) is 8.78 Å². The molecule has 2 heterocycles. The number of nitrogens with zero attached hydrogens (tertiary/aromatic N) is 2. The monoisotopic (exact) mass is 504 g/mol. The number of halogens is 2. The molecule has 2 amide bonds. The van der Waals surface area contributed by atoms with Crippen molar-refractivity contribution in [3.8, 4) is 22.0 Å². The Hall–Kier alpha value is -3.60. The van der Waals surface area contributed by atoms with Crippen LogP contribution < -0.4 is 11.1 Å². The fourth-order valence-electron chi connectivity index (χ4n) is 3.83. The van der Waals surface area contributed by atoms with Crippen molar-refractivity contribution in [2.24, 2.45) is 5.73 Å². The molecule has 0 bridgehead atoms. The van der Waals surface area contributed by atoms with Gasteiger partial charge in [0.25, 0.3) is 5.91 Å². The summed E-state index contributed by atoms with van der Waals surface area (Å²) >= 11 is 1.20. The van der Waals surface area contributed by atoms with E-state index in [1.165, 1.54) is 37.5 Å². The van der Waals surface area contributed by atoms with Crippen LogP contribution in [0.2, 0.25) is 0 Å². The molecule has 1 aromatic carbocycles. The normalized spacial score (nSPS) is 11.8. The third-order valence-electron chi connectivity index (χ3n) is 5.55. The SMILES string of the molecule is COC(=O)C(CCCCn1c(-c2csc(-c3ccc(F)cc3F)n2)cc(C(N)=O)c1C)NC(C)=O. The summed E-state index contributed by atoms with van der Waals surface area (Å²) in [5, 5.41) is 4.69. The number of thiazole rings is 1. The molecule has 3 N–H and O–H groups in total. The van der Waals surface area contributed by atoms with Gasteiger partial charge in [0.1, 0.15) is 22.7 Å². The van der Waals surface area contributed by atoms with Gasteiger partial charge < -0.3 is 20.4 Å². The first-order valence-electron chi connectivity index (χ1n) is 10.9. The number of aromatic nitrogens is 2. The van der Waals surface area contributed by atoms with Crippen molar-refractivity contribution < 1.29 is 27.9 Å². The Morgan fingerprint density at radius 1 is 1.23 bits per heavy atom. The smallest absolute Gasteiger partial charge is 0.328 e. The second-order valence-electron chi connectivity index (χ2n) is 7.98. The van der Waals surface area contributed by atoms with Crippen LogP contribution in [0, 0.1) is 18.6 Å². The third-order valence-corrected chi connectivity index (χ3v) is 6.42. The van der Waals surface area contributed by atoms with Crippen LogP contribution in [0.3, 0.4) is 0 Å². The quantitative estimate of drug-likeness (QED) is 0.322. The highest BCUT2D eigenvalue weighted by molar-refractivity contribution is 7.13. The lowest BCUT2D eigenvalue weighted by atomic mass is 10.1. The van der Waals surface area contributed by atoms with Gasteiger partial charge in [-0.1, -0.05) is 0 Å². The molecule has 0 radical (unpaired) electrons. The molecule has 3 aromatic rings. The molecule has 1 unspecified atom stereocenters. The van der Waals surface area contributed by atoms with Gasteiger partial charge in [-0.15, -0.1) is 11.3 Å². The van der Waals surface area contributed by atoms with Crippen molar-refractivity contribution >= 4 is 29.1 Å². The molecular weight excluding hydrogens is 478 g/mol. The number of rotatable bonds is 10. The van der Waals surface area contributed by atoms with Crippen LogP contribution in [-0.4, -0.2) is 40.5 Å². The molecule has 0 aliphatic rings. The number of benzene rings is 1. The summed E-state index contributed by atoms with van der Waals surface area (Å²) < 4.78 is 34.2. The number of carbonyl (C=O) groups excluding carboxylic acids is 3. The van der Waals surface area contributed by atoms with Crippen molar-refractivity contribution in [3.05, 3.63) is 52.5 Å². The number of nitrogens with two attached hydrogens (primary N) is 1. The number of unbranched alkanes of at least 4 members (excludes halogenated alkanes) is 1. The summed E-state index contributed by atoms with van der Waals surface area (Å²) in [5.74, 6) is -2.82. The maximum Gasteiger partial charge on any atom is 0.328 e. The topological polar surface area (TPSA) is 116 Å². The fourth-order valence-corrected chi connectivity index (χ4v) is 4.67. The Bertz CT molecular complexity index is 1250. The Morgan fingerprint density at radius 3 is 2.60 bits per heavy atom. The highest BCUT2D eigenvalue weighted by Crippen LogP contribution is 2.33. The minimum Gasteiger partial charge on any atom is -0.467 e. The summed E-state index contributed by atoms with van der Waals surface area (Å²) in [4.78, 5) is 39.7. The second kappa shape index (κ2) is 11.2. The highest BCUT2D eigenvalue weighted by atomic mass is 32.1. The molecule has 0 aliphatic heterocycles. The zero-order valence-electron chi connectivity index (χ0n) is 19.6. The number of esters is 1. The summed E-state index contributed by atoms with van der Waals surface area (Å²) in [6, 6.07) is 4.21. The molecule has 0 aliphatic carbocycles. The number of nitrogens with one attached hydrogen (secondary N) is 1. The number of primary amides is 1. The largest absolute Gasteiger partial charge is 0.467 e. The number of carbonyl (C=O) groups is 3. The van der Waals surface area contributed by atoms with Crippen molar-refractivity contribution in [2.45, 2.75) is 45.7 Å². The number of ether oxygens (including phenoxy) is 1. The van der Waals surface area contributed by atoms with Crippen LogP contribution in [0.25, 0.3) is 22.0 Å². The molecule has 2 aromatic heterocycles. The lowest BCUT2D eigenvalue weighted by molar-refractivity contribution is -0.145. The van der Waals surface area contributed by atoms with Crippen molar-refractivity contribution in [1.82, 2.24) is 14.9 Å². The van der Waals surface area contributed by atoms with Gasteiger partial charge in [-0.25, -0.2) is 18.6 Å². The summed E-state index contributed by atoms with van der Waals surface area (Å²) in [6.45, 7) is 3.59. The Balaban J connectivity index is 1.82. The first-order valence-corrected chi connectivity index (χ1v) is 11.8. The highest BCUT2D eigenvalue weighted by Gasteiger charge is 2.22. The van der Waals surface area contributed by atoms with E-state index in [-0.39, 0.29) is 11.5 Å². The van der Waals surface area contributed by atoms with E-state index in [9.17, 15) is 23.2 Å². The van der Waals surface area contributed by atoms with Crippen LogP contribution in [-0.2, 0) is 20.9 Å². The van der Waals surface area contributed by atoms with Crippen LogP contribution in [0.15, 0.2) is 29.6 Å². The standard InChI is InChI=1S/C24H26F2N4O4S/c1-13-17(22(27)32)11-21(20-12-35-23(29-20)16-8-7-15(25)10-18(16)26)30(13)9-5-4-6-19(24(33)34-3)28-14(2)31/h7-8,10-12,19H,4-6,9H2,1-3H3,(H2,27,32)(H,28,31). The molecule has 186 valence electrons. The average Bonchev–Trinajstić information content (AvgIpc) is 3.40. The predicted molar refractivity (Wildman–Crippen MR) is 128 cm³/mol. The van der Waals surface area contributed by atoms with E-state index in [0.29, 0.717) is 53.5 Å². The number of methoxy groups -OCH3 is 1. The molecule has 0 spiro atoms. The Kier molecular flexibility index (Phi) is 8.34. The number of hydrogen-bond acceptors (Lipinski definition) is 6. The van der Waals surface area contributed by atoms with Gasteiger partial charge >= 0.3 is 5.97 Å². The first-order chi connectivity index (χ1) is 16.6. The molecular formula is C24H26F2N4O4S. The zero-order chi connectivity index (χ0) is 25.7. The van der Waals surface area contributed by atoms with E-state index in [4.69, 9.17) is 10.5 Å². The van der Waals surface area contributed by atoms with Crippen LogP contribution >= 0.6 is 11.3 Å². The molecule has 35 heavy (non-hydrogen) atoms. The van der Waals surface area contributed by atoms with Crippen molar-refractivity contribution in [2.75, 3.05) is 7.11 Å². The van der Waals surface area contributed by atoms with Crippen molar-refractivity contribution in [1.29, 1.82) is 0 Å². The van der Waals surface area contributed by atoms with Gasteiger partial charge in [0.2, 0.25) is 5.91 Å². The van der Waals surface area contributed by atoms with Crippen LogP contribution in [0.5, 0.6) is 0 Å². The van der Waals surface area contributed by atoms with E-state index in [1.807, 2.05) is 4.57 Å². The average molecular weight is 505 g/mol. The molecule has 0 saturated carbocycles. The molecule has 1 atom stereocenters. The van der Waals surface area contributed by atoms with Gasteiger partial charge in [-0.3, -0.25) is 9.59 Å². The lowest BCUT2D eigenvalue weighted by Gasteiger charge is -2.16. The Labute approximate surface area is 205 Å². The molecule has 0 saturated heterocycles. The minimum absolute atomic E-state index is 0.180. The Morgan fingerprint density at radius 2 is 1.97 bits per heavy atom. The van der Waals surface area contributed by atoms with Crippen molar-refractivity contribution in [3.63, 3.8) is 0 Å². The fraction of sp³-hybridized carbons (Fsp3) is 0.333. The summed E-state index contributed by atoms with van der Waals surface area (Å²) in [5.41, 5.74) is 7.88. The van der Waals surface area contributed by atoms with E-state index in [0.717, 1.165) is 6.07 Å². The summed E-state index contributed by atoms with van der Waals surface area (Å²) in [7, 11) is 1.26. The maximum absolute atomic E-state index is 14.2. The minimum atomic E-state index is -0.740. The van der Waals surface area contributed by atoms with E-state index in [1.54, 1.807) is 18.4 Å². The number of hydrogen-bond donors (Lipinski definition) is 2. The van der Waals surface area contributed by atoms with E-state index >= 15 is 0 Å². The lowest BCUT2D eigenvalue weighted by Crippen LogP contribution is -2.40. The van der Waals surface area contributed by atoms with Gasteiger partial charge in [0.15, 0.2) is 0 Å². The molecule has 3 rings (SSSR count). The van der Waals surface area contributed by atoms with Crippen LogP contribution in [0.1, 0.15) is 42.2 Å². The van der Waals surface area contributed by atoms with Gasteiger partial charge in [0, 0.05) is 36.2 Å². The molecule has 11 heteroatoms. The first kappa shape index (κ1) is 26.0. The summed E-state index contributed by atoms with van der Waals surface area (Å²) in [6.07, 6.45) is 1.60. The van der Waals surface area contributed by atoms with Gasteiger partial charge in [0.05, 0.1) is 24.1 Å². The van der Waals surface area contributed by atoms with E-state index in [2.05, 4.69) is 10.3 Å². The maximum atomic E-state index is 14.2. The zero-order valence-corrected chi connectivity index (χ0v) is 20.4. The van der Waals surface area contributed by atoms with Gasteiger partial charge in [-0.05, 0) is 44.4 Å². The molecule has 0 fully saturated rings. The third kappa shape index (κ3) is 6.10. The molecule has 8 nitrogen and oxygen atoms in total. The number of amides is 2. The predicted octanol–water partition coefficient (Wildman–Crippen LogP) is 3.81. The van der Waals surface area contributed by atoms with E-state index < -0.39 is 29.6 Å².